The van der Waals surface area contributed by atoms with Crippen LogP contribution in [-0.2, 0) is 0 Å². The lowest BCUT2D eigenvalue weighted by Gasteiger charge is -2.20. The van der Waals surface area contributed by atoms with E-state index in [-0.39, 0.29) is 0 Å². The van der Waals surface area contributed by atoms with Gasteiger partial charge in [-0.15, -0.1) is 5.10 Å². The number of hydrogen-bond acceptors (Lipinski definition) is 4. The van der Waals surface area contributed by atoms with Gasteiger partial charge in [0.1, 0.15) is 5.16 Å². The predicted molar refractivity (Wildman–Crippen MR) is 54.5 cm³/mol. The molecule has 1 aromatic carbocycles. The first-order chi connectivity index (χ1) is 6.84. The van der Waals surface area contributed by atoms with Gasteiger partial charge in [0.15, 0.2) is 5.75 Å². The van der Waals surface area contributed by atoms with Crippen molar-refractivity contribution >= 4 is 17.8 Å². The summed E-state index contributed by atoms with van der Waals surface area (Å²) < 4.78 is 0. The molecule has 1 N–H and O–H groups in total. The molecule has 0 radical (unpaired) electrons. The van der Waals surface area contributed by atoms with Crippen LogP contribution in [-0.4, -0.2) is 11.5 Å². The van der Waals surface area contributed by atoms with E-state index in [2.05, 4.69) is 10.5 Å². The molecule has 0 saturated carbocycles. The van der Waals surface area contributed by atoms with Gasteiger partial charge in [0, 0.05) is 0 Å². The summed E-state index contributed by atoms with van der Waals surface area (Å²) in [6.07, 6.45) is 3.17. The maximum absolute atomic E-state index is 5.71. The quantitative estimate of drug-likeness (QED) is 0.756. The van der Waals surface area contributed by atoms with Crippen molar-refractivity contribution in [2.24, 2.45) is 5.10 Å². The Labute approximate surface area is 86.3 Å². The molecule has 0 bridgehead atoms. The summed E-state index contributed by atoms with van der Waals surface area (Å²) in [6, 6.07) is 9.31. The first-order valence-electron chi connectivity index (χ1n) is 4.04. The van der Waals surface area contributed by atoms with Crippen molar-refractivity contribution in [3.05, 3.63) is 41.6 Å². The molecule has 4 nitrogen and oxygen atoms in total. The van der Waals surface area contributed by atoms with E-state index in [0.717, 1.165) is 0 Å². The normalized spacial score (nSPS) is 14.6. The molecule has 0 aromatic heterocycles. The Morgan fingerprint density at radius 1 is 1.29 bits per heavy atom. The Bertz CT molecular complexity index is 364. The number of nitrogens with zero attached hydrogens (tertiary/aromatic N) is 2. The van der Waals surface area contributed by atoms with Crippen LogP contribution in [0.5, 0.6) is 5.75 Å². The van der Waals surface area contributed by atoms with Crippen LogP contribution in [0, 0.1) is 0 Å². The molecule has 1 aliphatic heterocycles. The van der Waals surface area contributed by atoms with E-state index in [1.165, 1.54) is 5.28 Å². The van der Waals surface area contributed by atoms with Crippen LogP contribution in [0.3, 0.4) is 0 Å². The Balaban J connectivity index is 2.00. The summed E-state index contributed by atoms with van der Waals surface area (Å²) in [7, 11) is 0. The standard InChI is InChI=1S/C9H8ClN3O/c10-9-6-7-11-13(12-9)14-8-4-2-1-3-5-8/h1-7,12H. The number of rotatable bonds is 2. The first-order valence-corrected chi connectivity index (χ1v) is 4.42. The van der Waals surface area contributed by atoms with Gasteiger partial charge in [-0.2, -0.15) is 0 Å². The van der Waals surface area contributed by atoms with Crippen LogP contribution in [0.4, 0.5) is 0 Å². The third-order valence-corrected chi connectivity index (χ3v) is 1.74. The first kappa shape index (κ1) is 8.90. The van der Waals surface area contributed by atoms with Crippen LogP contribution < -0.4 is 10.3 Å². The van der Waals surface area contributed by atoms with Crippen molar-refractivity contribution in [3.8, 4) is 5.75 Å². The second kappa shape index (κ2) is 4.02. The maximum Gasteiger partial charge on any atom is 0.159 e. The molecular weight excluding hydrogens is 202 g/mol. The number of halogens is 1. The highest BCUT2D eigenvalue weighted by Crippen LogP contribution is 2.11. The van der Waals surface area contributed by atoms with E-state index in [1.807, 2.05) is 30.3 Å². The molecule has 0 atom stereocenters. The molecular formula is C9H8ClN3O. The van der Waals surface area contributed by atoms with Crippen molar-refractivity contribution in [1.29, 1.82) is 0 Å². The smallest absolute Gasteiger partial charge is 0.159 e. The average molecular weight is 210 g/mol. The van der Waals surface area contributed by atoms with Crippen molar-refractivity contribution in [1.82, 2.24) is 10.7 Å². The minimum Gasteiger partial charge on any atom is -0.343 e. The molecule has 72 valence electrons. The van der Waals surface area contributed by atoms with Gasteiger partial charge in [0.2, 0.25) is 0 Å². The summed E-state index contributed by atoms with van der Waals surface area (Å²) in [5.41, 5.74) is 2.70. The lowest BCUT2D eigenvalue weighted by molar-refractivity contribution is -0.0932. The van der Waals surface area contributed by atoms with Gasteiger partial charge >= 0.3 is 0 Å². The van der Waals surface area contributed by atoms with E-state index >= 15 is 0 Å². The number of hydrogen-bond donors (Lipinski definition) is 1. The van der Waals surface area contributed by atoms with Crippen LogP contribution >= 0.6 is 11.6 Å². The molecule has 14 heavy (non-hydrogen) atoms. The molecule has 0 fully saturated rings. The largest absolute Gasteiger partial charge is 0.343 e. The zero-order valence-corrected chi connectivity index (χ0v) is 7.98. The molecule has 1 aromatic rings. The summed E-state index contributed by atoms with van der Waals surface area (Å²) in [4.78, 5) is 5.32. The lowest BCUT2D eigenvalue weighted by atomic mass is 10.3. The van der Waals surface area contributed by atoms with E-state index < -0.39 is 0 Å². The van der Waals surface area contributed by atoms with Crippen molar-refractivity contribution < 1.29 is 4.84 Å². The fraction of sp³-hybridized carbons (Fsp3) is 0. The Kier molecular flexibility index (Phi) is 2.55. The summed E-state index contributed by atoms with van der Waals surface area (Å²) in [6.45, 7) is 0. The monoisotopic (exact) mass is 209 g/mol. The van der Waals surface area contributed by atoms with Gasteiger partial charge in [-0.3, -0.25) is 0 Å². The van der Waals surface area contributed by atoms with E-state index in [0.29, 0.717) is 10.9 Å². The van der Waals surface area contributed by atoms with Crippen LogP contribution in [0.2, 0.25) is 0 Å². The number of hydrazone groups is 1. The molecule has 2 rings (SSSR count). The molecule has 1 aliphatic rings. The Morgan fingerprint density at radius 2 is 2.07 bits per heavy atom. The van der Waals surface area contributed by atoms with Gasteiger partial charge in [0.25, 0.3) is 0 Å². The van der Waals surface area contributed by atoms with Gasteiger partial charge in [-0.1, -0.05) is 29.8 Å². The number of nitrogens with one attached hydrogen (secondary N) is 1. The lowest BCUT2D eigenvalue weighted by Crippen LogP contribution is -2.36. The highest BCUT2D eigenvalue weighted by Gasteiger charge is 2.06. The highest BCUT2D eigenvalue weighted by atomic mass is 35.5. The number of hydrazine groups is 1. The topological polar surface area (TPSA) is 36.9 Å². The van der Waals surface area contributed by atoms with E-state index in [4.69, 9.17) is 16.4 Å². The summed E-state index contributed by atoms with van der Waals surface area (Å²) in [5, 5.41) is 5.54. The van der Waals surface area contributed by atoms with Gasteiger partial charge < -0.3 is 4.84 Å². The molecule has 0 saturated heterocycles. The Morgan fingerprint density at radius 3 is 2.79 bits per heavy atom. The zero-order valence-electron chi connectivity index (χ0n) is 7.22. The van der Waals surface area contributed by atoms with Gasteiger partial charge in [-0.05, 0) is 23.5 Å². The molecule has 0 amide bonds. The van der Waals surface area contributed by atoms with Crippen molar-refractivity contribution in [2.45, 2.75) is 0 Å². The molecule has 5 heteroatoms. The number of para-hydroxylation sites is 1. The summed E-state index contributed by atoms with van der Waals surface area (Å²) >= 11 is 5.71. The minimum atomic E-state index is 0.455. The summed E-state index contributed by atoms with van der Waals surface area (Å²) in [5.74, 6) is 0.684. The van der Waals surface area contributed by atoms with Crippen molar-refractivity contribution in [2.75, 3.05) is 0 Å². The molecule has 0 unspecified atom stereocenters. The highest BCUT2D eigenvalue weighted by molar-refractivity contribution is 6.30. The van der Waals surface area contributed by atoms with Crippen LogP contribution in [0.15, 0.2) is 46.7 Å². The Hall–Kier alpha value is -1.68. The molecule has 1 heterocycles. The average Bonchev–Trinajstić information content (AvgIpc) is 2.19. The second-order valence-electron chi connectivity index (χ2n) is 2.57. The molecule has 0 spiro atoms. The number of benzene rings is 1. The second-order valence-corrected chi connectivity index (χ2v) is 2.98. The third-order valence-electron chi connectivity index (χ3n) is 1.53. The van der Waals surface area contributed by atoms with Gasteiger partial charge in [-0.25, -0.2) is 5.43 Å². The maximum atomic E-state index is 5.71. The minimum absolute atomic E-state index is 0.455. The fourth-order valence-corrected chi connectivity index (χ4v) is 1.07. The molecule has 0 aliphatic carbocycles. The predicted octanol–water partition coefficient (Wildman–Crippen LogP) is 1.87. The van der Waals surface area contributed by atoms with E-state index in [9.17, 15) is 0 Å². The van der Waals surface area contributed by atoms with E-state index in [1.54, 1.807) is 12.3 Å². The van der Waals surface area contributed by atoms with Crippen LogP contribution in [0.1, 0.15) is 0 Å². The third kappa shape index (κ3) is 2.17. The fourth-order valence-electron chi connectivity index (χ4n) is 0.944. The SMILES string of the molecule is ClC1=CC=NN(Oc2ccccc2)N1. The zero-order chi connectivity index (χ0) is 9.80. The van der Waals surface area contributed by atoms with Gasteiger partial charge in [0.05, 0.1) is 6.21 Å². The number of allylic oxidation sites excluding steroid dienone is 1. The van der Waals surface area contributed by atoms with Crippen molar-refractivity contribution in [3.63, 3.8) is 0 Å². The van der Waals surface area contributed by atoms with Crippen LogP contribution in [0.25, 0.3) is 0 Å².